The molecule has 0 saturated heterocycles. The molecular formula is C68H56N6. The van der Waals surface area contributed by atoms with Crippen molar-refractivity contribution < 1.29 is 0 Å². The third kappa shape index (κ3) is 7.84. The molecule has 6 nitrogen and oxygen atoms in total. The first-order chi connectivity index (χ1) is 35.7. The molecule has 0 fully saturated rings. The molecule has 12 aromatic rings. The van der Waals surface area contributed by atoms with Crippen LogP contribution in [0.2, 0.25) is 0 Å². The highest BCUT2D eigenvalue weighted by molar-refractivity contribution is 6.14. The Morgan fingerprint density at radius 2 is 0.703 bits per heavy atom. The summed E-state index contributed by atoms with van der Waals surface area (Å²) in [4.78, 5) is 18.8. The molecule has 0 radical (unpaired) electrons. The molecule has 9 aromatic carbocycles. The van der Waals surface area contributed by atoms with Gasteiger partial charge in [-0.15, -0.1) is 0 Å². The van der Waals surface area contributed by atoms with Crippen molar-refractivity contribution in [2.45, 2.75) is 69.2 Å². The normalized spacial score (nSPS) is 11.6. The van der Waals surface area contributed by atoms with E-state index in [-0.39, 0.29) is 0 Å². The third-order valence-electron chi connectivity index (χ3n) is 15.0. The zero-order chi connectivity index (χ0) is 51.3. The first-order valence-electron chi connectivity index (χ1n) is 25.4. The molecule has 0 aliphatic heterocycles. The van der Waals surface area contributed by atoms with Gasteiger partial charge in [0.25, 0.3) is 0 Å². The highest BCUT2D eigenvalue weighted by Crippen LogP contribution is 2.46. The van der Waals surface area contributed by atoms with E-state index in [0.29, 0.717) is 28.7 Å². The number of hydrogen-bond acceptors (Lipinski definition) is 3. The zero-order valence-corrected chi connectivity index (χ0v) is 43.7. The first-order valence-corrected chi connectivity index (χ1v) is 25.4. The molecule has 12 rings (SSSR count). The molecule has 0 bridgehead atoms. The summed E-state index contributed by atoms with van der Waals surface area (Å²) in [6, 6.07) is 58.7. The van der Waals surface area contributed by atoms with E-state index in [1.54, 1.807) is 0 Å². The van der Waals surface area contributed by atoms with Gasteiger partial charge in [0.2, 0.25) is 0 Å². The Labute approximate surface area is 433 Å². The van der Waals surface area contributed by atoms with Crippen molar-refractivity contribution in [3.8, 4) is 67.3 Å². The van der Waals surface area contributed by atoms with E-state index < -0.39 is 0 Å². The molecule has 0 amide bonds. The second-order valence-electron chi connectivity index (χ2n) is 20.7. The summed E-state index contributed by atoms with van der Waals surface area (Å²) in [6.45, 7) is 30.1. The Kier molecular flexibility index (Phi) is 11.0. The highest BCUT2D eigenvalue weighted by atomic mass is 15.1. The third-order valence-corrected chi connectivity index (χ3v) is 15.0. The second kappa shape index (κ2) is 17.7. The predicted octanol–water partition coefficient (Wildman–Crippen LogP) is 18.0. The summed E-state index contributed by atoms with van der Waals surface area (Å²) in [5.74, 6) is 1.67. The lowest BCUT2D eigenvalue weighted by Crippen LogP contribution is -2.06. The van der Waals surface area contributed by atoms with Crippen LogP contribution < -0.4 is 0 Å². The lowest BCUT2D eigenvalue weighted by Gasteiger charge is -2.20. The summed E-state index contributed by atoms with van der Waals surface area (Å²) in [7, 11) is 0. The highest BCUT2D eigenvalue weighted by Gasteiger charge is 2.25. The van der Waals surface area contributed by atoms with Crippen LogP contribution in [0.1, 0.15) is 56.2 Å². The van der Waals surface area contributed by atoms with E-state index in [0.717, 1.165) is 82.8 Å². The van der Waals surface area contributed by atoms with Gasteiger partial charge in [0.1, 0.15) is 11.6 Å². The number of benzene rings is 9. The van der Waals surface area contributed by atoms with E-state index in [9.17, 15) is 0 Å². The smallest absolute Gasteiger partial charge is 0.200 e. The summed E-state index contributed by atoms with van der Waals surface area (Å²) in [5.41, 5.74) is 26.0. The van der Waals surface area contributed by atoms with Gasteiger partial charge in [0.15, 0.2) is 11.5 Å². The monoisotopic (exact) mass is 956 g/mol. The first kappa shape index (κ1) is 46.2. The molecule has 0 N–H and O–H groups in total. The van der Waals surface area contributed by atoms with Gasteiger partial charge < -0.3 is 9.13 Å². The lowest BCUT2D eigenvalue weighted by atomic mass is 9.96. The number of rotatable bonds is 7. The van der Waals surface area contributed by atoms with E-state index in [2.05, 4.69) is 232 Å². The molecule has 0 saturated carbocycles. The fraction of sp³-hybridized carbons (Fsp3) is 0.147. The minimum absolute atomic E-state index is 0.451. The summed E-state index contributed by atoms with van der Waals surface area (Å²) >= 11 is 0. The van der Waals surface area contributed by atoms with Gasteiger partial charge in [-0.1, -0.05) is 149 Å². The Bertz CT molecular complexity index is 4230. The van der Waals surface area contributed by atoms with E-state index in [4.69, 9.17) is 16.5 Å². The van der Waals surface area contributed by atoms with Crippen LogP contribution in [0, 0.1) is 75.8 Å². The van der Waals surface area contributed by atoms with Gasteiger partial charge in [-0.3, -0.25) is 0 Å². The van der Waals surface area contributed by atoms with Crippen molar-refractivity contribution in [2.75, 3.05) is 0 Å². The van der Waals surface area contributed by atoms with Gasteiger partial charge in [0.05, 0.1) is 40.0 Å². The standard InChI is InChI=1S/C68H56N6/c1-38-12-19-53(43(6)27-38)49-17-24-58-59-25-18-50(54-20-13-39(2)28-44(54)7)34-64(59)73(63(58)33-49)66-36-60(68-71-46(9)70-47(10)72-68)61(69-11)37-67(66)74-62-32-48(52-30-41(4)26-42(5)31-52)15-22-56(62)57-23-16-51(35-65(57)74)55-21-14-40(3)29-45(55)8/h12-37H,1-10H3. The van der Waals surface area contributed by atoms with E-state index in [1.165, 1.54) is 61.2 Å². The molecule has 0 unspecified atom stereocenters. The topological polar surface area (TPSA) is 52.9 Å². The Morgan fingerprint density at radius 3 is 1.09 bits per heavy atom. The van der Waals surface area contributed by atoms with Crippen molar-refractivity contribution in [1.82, 2.24) is 24.1 Å². The number of aromatic nitrogens is 5. The quantitative estimate of drug-likeness (QED) is 0.150. The van der Waals surface area contributed by atoms with Crippen molar-refractivity contribution in [1.29, 1.82) is 0 Å². The fourth-order valence-corrected chi connectivity index (χ4v) is 11.7. The molecular weight excluding hydrogens is 901 g/mol. The van der Waals surface area contributed by atoms with Crippen molar-refractivity contribution in [2.24, 2.45) is 0 Å². The maximum absolute atomic E-state index is 8.93. The lowest BCUT2D eigenvalue weighted by molar-refractivity contribution is 0.928. The summed E-state index contributed by atoms with van der Waals surface area (Å²) < 4.78 is 4.86. The summed E-state index contributed by atoms with van der Waals surface area (Å²) in [5, 5.41) is 4.51. The number of nitrogens with zero attached hydrogens (tertiary/aromatic N) is 6. The predicted molar refractivity (Wildman–Crippen MR) is 309 cm³/mol. The minimum atomic E-state index is 0.451. The minimum Gasteiger partial charge on any atom is -0.308 e. The maximum atomic E-state index is 8.93. The van der Waals surface area contributed by atoms with Gasteiger partial charge in [-0.2, -0.15) is 0 Å². The summed E-state index contributed by atoms with van der Waals surface area (Å²) in [6.07, 6.45) is 0. The molecule has 3 aromatic heterocycles. The molecule has 358 valence electrons. The van der Waals surface area contributed by atoms with Gasteiger partial charge in [-0.05, 0) is 167 Å². The molecule has 74 heavy (non-hydrogen) atoms. The molecule has 3 heterocycles. The van der Waals surface area contributed by atoms with Crippen LogP contribution in [0.15, 0.2) is 158 Å². The van der Waals surface area contributed by atoms with Gasteiger partial charge >= 0.3 is 0 Å². The van der Waals surface area contributed by atoms with Gasteiger partial charge in [-0.25, -0.2) is 19.8 Å². The number of fused-ring (bicyclic) bond motifs is 6. The van der Waals surface area contributed by atoms with Crippen LogP contribution in [-0.2, 0) is 0 Å². The van der Waals surface area contributed by atoms with Crippen LogP contribution in [0.25, 0.3) is 116 Å². The molecule has 6 heteroatoms. The number of aryl methyl sites for hydroxylation is 10. The Hall–Kier alpha value is -8.92. The average molecular weight is 957 g/mol. The van der Waals surface area contributed by atoms with Crippen molar-refractivity contribution in [3.05, 3.63) is 225 Å². The largest absolute Gasteiger partial charge is 0.308 e. The SMILES string of the molecule is [C-]#[N+]c1cc(-n2c3cc(-c4cc(C)cc(C)c4)ccc3c3ccc(-c4ccc(C)cc4C)cc32)c(-n2c3cc(-c4ccc(C)cc4C)ccc3c3ccc(-c4ccc(C)cc4C)cc32)cc1-c1nc(C)nc(C)n1. The molecule has 0 aliphatic carbocycles. The number of hydrogen-bond donors (Lipinski definition) is 0. The van der Waals surface area contributed by atoms with E-state index >= 15 is 0 Å². The van der Waals surface area contributed by atoms with Crippen LogP contribution >= 0.6 is 0 Å². The Morgan fingerprint density at radius 1 is 0.324 bits per heavy atom. The van der Waals surface area contributed by atoms with Gasteiger partial charge in [0, 0.05) is 27.1 Å². The molecule has 0 aliphatic rings. The van der Waals surface area contributed by atoms with Crippen molar-refractivity contribution >= 4 is 49.3 Å². The zero-order valence-electron chi connectivity index (χ0n) is 43.7. The molecule has 0 spiro atoms. The maximum Gasteiger partial charge on any atom is 0.200 e. The van der Waals surface area contributed by atoms with Crippen LogP contribution in [0.5, 0.6) is 0 Å². The average Bonchev–Trinajstić information content (AvgIpc) is 3.88. The van der Waals surface area contributed by atoms with Crippen LogP contribution in [0.3, 0.4) is 0 Å². The van der Waals surface area contributed by atoms with Crippen LogP contribution in [0.4, 0.5) is 5.69 Å². The Balaban J connectivity index is 1.27. The van der Waals surface area contributed by atoms with Crippen LogP contribution in [-0.4, -0.2) is 24.1 Å². The van der Waals surface area contributed by atoms with E-state index in [1.807, 2.05) is 13.8 Å². The molecule has 0 atom stereocenters. The van der Waals surface area contributed by atoms with Crippen molar-refractivity contribution in [3.63, 3.8) is 0 Å². The fourth-order valence-electron chi connectivity index (χ4n) is 11.7. The second-order valence-corrected chi connectivity index (χ2v) is 20.7.